The molecule has 0 saturated heterocycles. The van der Waals surface area contributed by atoms with E-state index in [1.165, 1.54) is 12.0 Å². The second-order valence-electron chi connectivity index (χ2n) is 5.66. The molecule has 2 rings (SSSR count). The summed E-state index contributed by atoms with van der Waals surface area (Å²) in [5.74, 6) is 0. The number of hydrogen-bond donors (Lipinski definition) is 1. The predicted octanol–water partition coefficient (Wildman–Crippen LogP) is 3.39. The maximum atomic E-state index is 12.5. The Balaban J connectivity index is 2.20. The molecule has 110 valence electrons. The Kier molecular flexibility index (Phi) is 4.66. The predicted molar refractivity (Wildman–Crippen MR) is 82.4 cm³/mol. The fourth-order valence-electron chi connectivity index (χ4n) is 2.92. The van der Waals surface area contributed by atoms with E-state index in [2.05, 4.69) is 10.8 Å². The molecule has 3 nitrogen and oxygen atoms in total. The average Bonchev–Trinajstić information content (AvgIpc) is 2.36. The lowest BCUT2D eigenvalue weighted by Gasteiger charge is -2.16. The summed E-state index contributed by atoms with van der Waals surface area (Å²) in [6.45, 7) is 6.13. The van der Waals surface area contributed by atoms with E-state index in [0.717, 1.165) is 36.0 Å². The molecule has 0 aliphatic heterocycles. The first-order chi connectivity index (χ1) is 9.40. The van der Waals surface area contributed by atoms with Gasteiger partial charge >= 0.3 is 0 Å². The van der Waals surface area contributed by atoms with Crippen LogP contribution in [0.2, 0.25) is 0 Å². The molecule has 0 heterocycles. The molecule has 1 aromatic rings. The molecule has 4 heteroatoms. The summed E-state index contributed by atoms with van der Waals surface area (Å²) in [6.07, 6.45) is 6.62. The minimum atomic E-state index is -3.43. The quantitative estimate of drug-likeness (QED) is 0.865. The third kappa shape index (κ3) is 3.49. The molecule has 0 aromatic heterocycles. The summed E-state index contributed by atoms with van der Waals surface area (Å²) < 4.78 is 27.7. The molecule has 1 aromatic carbocycles. The van der Waals surface area contributed by atoms with Gasteiger partial charge in [-0.25, -0.2) is 13.1 Å². The summed E-state index contributed by atoms with van der Waals surface area (Å²) in [5.41, 5.74) is 3.93. The minimum absolute atomic E-state index is 0.430. The molecule has 0 spiro atoms. The van der Waals surface area contributed by atoms with E-state index in [9.17, 15) is 8.42 Å². The van der Waals surface area contributed by atoms with Gasteiger partial charge < -0.3 is 0 Å². The maximum Gasteiger partial charge on any atom is 0.241 e. The Morgan fingerprint density at radius 3 is 2.30 bits per heavy atom. The van der Waals surface area contributed by atoms with Gasteiger partial charge in [0.05, 0.1) is 4.90 Å². The maximum absolute atomic E-state index is 12.5. The Labute approximate surface area is 122 Å². The van der Waals surface area contributed by atoms with Crippen LogP contribution < -0.4 is 4.72 Å². The Bertz CT molecular complexity index is 607. The van der Waals surface area contributed by atoms with Crippen molar-refractivity contribution in [2.24, 2.45) is 0 Å². The molecule has 0 atom stereocenters. The van der Waals surface area contributed by atoms with Gasteiger partial charge in [-0.15, -0.1) is 0 Å². The van der Waals surface area contributed by atoms with Crippen molar-refractivity contribution in [3.63, 3.8) is 0 Å². The van der Waals surface area contributed by atoms with E-state index in [1.54, 1.807) is 0 Å². The highest BCUT2D eigenvalue weighted by Gasteiger charge is 2.20. The van der Waals surface area contributed by atoms with Crippen LogP contribution in [0.15, 0.2) is 28.7 Å². The van der Waals surface area contributed by atoms with Crippen molar-refractivity contribution >= 4 is 10.0 Å². The van der Waals surface area contributed by atoms with Crippen LogP contribution in [0.3, 0.4) is 0 Å². The Morgan fingerprint density at radius 2 is 1.75 bits per heavy atom. The highest BCUT2D eigenvalue weighted by molar-refractivity contribution is 7.89. The van der Waals surface area contributed by atoms with Gasteiger partial charge in [0.15, 0.2) is 0 Å². The van der Waals surface area contributed by atoms with E-state index < -0.39 is 10.0 Å². The number of sulfonamides is 1. The van der Waals surface area contributed by atoms with Gasteiger partial charge in [0.25, 0.3) is 0 Å². The van der Waals surface area contributed by atoms with Gasteiger partial charge in [0.2, 0.25) is 10.0 Å². The molecule has 1 aliphatic rings. The Hall–Kier alpha value is -1.13. The van der Waals surface area contributed by atoms with Crippen LogP contribution >= 0.6 is 0 Å². The highest BCUT2D eigenvalue weighted by atomic mass is 32.2. The Morgan fingerprint density at radius 1 is 1.10 bits per heavy atom. The summed E-state index contributed by atoms with van der Waals surface area (Å²) in [4.78, 5) is 0.430. The fraction of sp³-hybridized carbons (Fsp3) is 0.500. The normalized spacial score (nSPS) is 16.1. The zero-order valence-electron chi connectivity index (χ0n) is 12.5. The monoisotopic (exact) mass is 293 g/mol. The van der Waals surface area contributed by atoms with Crippen molar-refractivity contribution in [3.8, 4) is 0 Å². The number of benzene rings is 1. The van der Waals surface area contributed by atoms with Crippen LogP contribution in [0.25, 0.3) is 0 Å². The van der Waals surface area contributed by atoms with Crippen molar-refractivity contribution in [1.29, 1.82) is 0 Å². The second-order valence-corrected chi connectivity index (χ2v) is 7.36. The topological polar surface area (TPSA) is 46.2 Å². The summed E-state index contributed by atoms with van der Waals surface area (Å²) in [6, 6.07) is 3.84. The molecule has 0 radical (unpaired) electrons. The van der Waals surface area contributed by atoms with Crippen LogP contribution in [0, 0.1) is 20.8 Å². The number of nitrogens with one attached hydrogen (secondary N) is 1. The molecule has 0 saturated carbocycles. The van der Waals surface area contributed by atoms with Crippen molar-refractivity contribution < 1.29 is 8.42 Å². The number of rotatable bonds is 4. The lowest BCUT2D eigenvalue weighted by molar-refractivity contribution is 0.580. The second kappa shape index (κ2) is 6.10. The van der Waals surface area contributed by atoms with Crippen molar-refractivity contribution in [2.45, 2.75) is 51.3 Å². The largest absolute Gasteiger partial charge is 0.241 e. The molecular weight excluding hydrogens is 270 g/mol. The molecule has 0 unspecified atom stereocenters. The van der Waals surface area contributed by atoms with Gasteiger partial charge in [-0.3, -0.25) is 0 Å². The smallest absolute Gasteiger partial charge is 0.207 e. The standard InChI is InChI=1S/C16H23NO2S/c1-12-9-13(2)16(14(3)10-12)20(18,19)17-11-15-7-5-4-6-8-15/h7,9-10,17H,4-6,8,11H2,1-3H3. The lowest BCUT2D eigenvalue weighted by atomic mass is 10.0. The van der Waals surface area contributed by atoms with Crippen LogP contribution in [0.1, 0.15) is 42.4 Å². The van der Waals surface area contributed by atoms with Crippen LogP contribution in [-0.4, -0.2) is 15.0 Å². The van der Waals surface area contributed by atoms with E-state index in [4.69, 9.17) is 0 Å². The molecule has 1 N–H and O–H groups in total. The zero-order chi connectivity index (χ0) is 14.8. The van der Waals surface area contributed by atoms with E-state index in [-0.39, 0.29) is 0 Å². The SMILES string of the molecule is Cc1cc(C)c(S(=O)(=O)NCC2=CCCCC2)c(C)c1. The average molecular weight is 293 g/mol. The van der Waals surface area contributed by atoms with E-state index in [0.29, 0.717) is 11.4 Å². The third-order valence-electron chi connectivity index (χ3n) is 3.75. The van der Waals surface area contributed by atoms with Gasteiger partial charge in [-0.05, 0) is 57.6 Å². The molecule has 0 amide bonds. The first-order valence-corrected chi connectivity index (χ1v) is 8.64. The van der Waals surface area contributed by atoms with Crippen LogP contribution in [-0.2, 0) is 10.0 Å². The van der Waals surface area contributed by atoms with Gasteiger partial charge in [-0.1, -0.05) is 29.3 Å². The van der Waals surface area contributed by atoms with Crippen LogP contribution in [0.4, 0.5) is 0 Å². The first kappa shape index (κ1) is 15.3. The number of allylic oxidation sites excluding steroid dienone is 1. The molecule has 0 bridgehead atoms. The number of hydrogen-bond acceptors (Lipinski definition) is 2. The minimum Gasteiger partial charge on any atom is -0.207 e. The molecular formula is C16H23NO2S. The zero-order valence-corrected chi connectivity index (χ0v) is 13.3. The number of aryl methyl sites for hydroxylation is 3. The first-order valence-electron chi connectivity index (χ1n) is 7.15. The van der Waals surface area contributed by atoms with E-state index in [1.807, 2.05) is 32.9 Å². The van der Waals surface area contributed by atoms with Crippen LogP contribution in [0.5, 0.6) is 0 Å². The fourth-order valence-corrected chi connectivity index (χ4v) is 4.40. The van der Waals surface area contributed by atoms with Crippen molar-refractivity contribution in [3.05, 3.63) is 40.5 Å². The van der Waals surface area contributed by atoms with Crippen molar-refractivity contribution in [1.82, 2.24) is 4.72 Å². The molecule has 20 heavy (non-hydrogen) atoms. The summed E-state index contributed by atoms with van der Waals surface area (Å²) >= 11 is 0. The summed E-state index contributed by atoms with van der Waals surface area (Å²) in [7, 11) is -3.43. The molecule has 1 aliphatic carbocycles. The third-order valence-corrected chi connectivity index (χ3v) is 5.45. The van der Waals surface area contributed by atoms with Crippen molar-refractivity contribution in [2.75, 3.05) is 6.54 Å². The van der Waals surface area contributed by atoms with Gasteiger partial charge in [0, 0.05) is 6.54 Å². The molecule has 0 fully saturated rings. The van der Waals surface area contributed by atoms with E-state index >= 15 is 0 Å². The summed E-state index contributed by atoms with van der Waals surface area (Å²) in [5, 5.41) is 0. The van der Waals surface area contributed by atoms with Gasteiger partial charge in [-0.2, -0.15) is 0 Å². The highest BCUT2D eigenvalue weighted by Crippen LogP contribution is 2.22. The lowest BCUT2D eigenvalue weighted by Crippen LogP contribution is -2.27. The van der Waals surface area contributed by atoms with Gasteiger partial charge in [0.1, 0.15) is 0 Å².